The molecule has 0 spiro atoms. The smallest absolute Gasteiger partial charge is 0.139 e. The van der Waals surface area contributed by atoms with Crippen molar-refractivity contribution in [3.63, 3.8) is 0 Å². The number of hydrogen-bond acceptors (Lipinski definition) is 2. The van der Waals surface area contributed by atoms with E-state index in [1.54, 1.807) is 6.07 Å². The van der Waals surface area contributed by atoms with E-state index in [0.29, 0.717) is 29.8 Å². The molecular formula is C19H20O2. The molecule has 0 saturated heterocycles. The van der Waals surface area contributed by atoms with Crippen molar-refractivity contribution in [1.29, 1.82) is 0 Å². The Bertz CT molecular complexity index is 761. The first-order valence-corrected chi connectivity index (χ1v) is 7.78. The monoisotopic (exact) mass is 280 g/mol. The molecule has 0 heterocycles. The molecule has 21 heavy (non-hydrogen) atoms. The molecule has 2 heteroatoms. The summed E-state index contributed by atoms with van der Waals surface area (Å²) in [6, 6.07) is 9.89. The molecule has 2 aliphatic carbocycles. The summed E-state index contributed by atoms with van der Waals surface area (Å²) >= 11 is 0. The van der Waals surface area contributed by atoms with Crippen LogP contribution in [0, 0.1) is 11.3 Å². The summed E-state index contributed by atoms with van der Waals surface area (Å²) in [5.74, 6) is 1.53. The molecule has 3 atom stereocenters. The summed E-state index contributed by atoms with van der Waals surface area (Å²) < 4.78 is 0. The largest absolute Gasteiger partial charge is 0.508 e. The van der Waals surface area contributed by atoms with E-state index in [4.69, 9.17) is 0 Å². The van der Waals surface area contributed by atoms with Crippen LogP contribution < -0.4 is 0 Å². The van der Waals surface area contributed by atoms with Crippen molar-refractivity contribution in [2.75, 3.05) is 0 Å². The lowest BCUT2D eigenvalue weighted by Gasteiger charge is -2.38. The third kappa shape index (κ3) is 1.62. The number of aromatic hydroxyl groups is 1. The van der Waals surface area contributed by atoms with Gasteiger partial charge >= 0.3 is 0 Å². The van der Waals surface area contributed by atoms with Crippen molar-refractivity contribution in [2.45, 2.75) is 39.0 Å². The Balaban J connectivity index is 1.96. The van der Waals surface area contributed by atoms with Gasteiger partial charge in [0, 0.05) is 11.8 Å². The zero-order valence-corrected chi connectivity index (χ0v) is 12.5. The van der Waals surface area contributed by atoms with Crippen LogP contribution in [0.4, 0.5) is 0 Å². The molecule has 0 aliphatic heterocycles. The average molecular weight is 280 g/mol. The normalized spacial score (nSPS) is 31.2. The highest BCUT2D eigenvalue weighted by Crippen LogP contribution is 2.56. The lowest BCUT2D eigenvalue weighted by atomic mass is 9.64. The second-order valence-corrected chi connectivity index (χ2v) is 7.04. The number of carbonyl (C=O) groups excluding carboxylic acids is 1. The van der Waals surface area contributed by atoms with Gasteiger partial charge < -0.3 is 5.11 Å². The maximum absolute atomic E-state index is 12.4. The van der Waals surface area contributed by atoms with Gasteiger partial charge in [-0.2, -0.15) is 0 Å². The van der Waals surface area contributed by atoms with E-state index in [0.717, 1.165) is 18.2 Å². The van der Waals surface area contributed by atoms with Gasteiger partial charge in [0.1, 0.15) is 11.5 Å². The number of rotatable bonds is 0. The van der Waals surface area contributed by atoms with Crippen LogP contribution in [0.15, 0.2) is 30.3 Å². The van der Waals surface area contributed by atoms with E-state index in [9.17, 15) is 9.90 Å². The third-order valence-electron chi connectivity index (χ3n) is 5.78. The molecule has 1 fully saturated rings. The first-order valence-electron chi connectivity index (χ1n) is 7.78. The molecule has 2 aromatic carbocycles. The van der Waals surface area contributed by atoms with E-state index in [1.165, 1.54) is 16.5 Å². The first-order chi connectivity index (χ1) is 10.0. The predicted molar refractivity (Wildman–Crippen MR) is 83.6 cm³/mol. The van der Waals surface area contributed by atoms with E-state index in [1.807, 2.05) is 12.1 Å². The van der Waals surface area contributed by atoms with Crippen molar-refractivity contribution in [3.05, 3.63) is 41.5 Å². The number of phenolic OH excluding ortho intramolecular Hbond substituents is 1. The summed E-state index contributed by atoms with van der Waals surface area (Å²) in [5, 5.41) is 12.0. The Morgan fingerprint density at radius 2 is 2.05 bits per heavy atom. The Morgan fingerprint density at radius 1 is 1.24 bits per heavy atom. The number of aryl methyl sites for hydroxylation is 1. The van der Waals surface area contributed by atoms with Crippen LogP contribution in [0.2, 0.25) is 0 Å². The van der Waals surface area contributed by atoms with Gasteiger partial charge in [-0.3, -0.25) is 4.79 Å². The molecule has 0 amide bonds. The number of fused-ring (bicyclic) bond motifs is 5. The van der Waals surface area contributed by atoms with Crippen molar-refractivity contribution in [2.24, 2.45) is 11.3 Å². The van der Waals surface area contributed by atoms with Gasteiger partial charge in [0.25, 0.3) is 0 Å². The van der Waals surface area contributed by atoms with Crippen LogP contribution >= 0.6 is 0 Å². The Labute approximate surface area is 124 Å². The van der Waals surface area contributed by atoms with E-state index in [-0.39, 0.29) is 5.41 Å². The van der Waals surface area contributed by atoms with Crippen LogP contribution in [-0.4, -0.2) is 10.9 Å². The summed E-state index contributed by atoms with van der Waals surface area (Å²) in [5.41, 5.74) is 2.58. The fourth-order valence-corrected chi connectivity index (χ4v) is 4.74. The van der Waals surface area contributed by atoms with Gasteiger partial charge in [-0.1, -0.05) is 32.0 Å². The molecule has 1 N–H and O–H groups in total. The van der Waals surface area contributed by atoms with Crippen molar-refractivity contribution in [1.82, 2.24) is 0 Å². The summed E-state index contributed by atoms with van der Waals surface area (Å²) in [6.45, 7) is 4.37. The first kappa shape index (κ1) is 12.9. The molecule has 108 valence electrons. The topological polar surface area (TPSA) is 37.3 Å². The lowest BCUT2D eigenvalue weighted by molar-refractivity contribution is -0.126. The maximum Gasteiger partial charge on any atom is 0.139 e. The van der Waals surface area contributed by atoms with Gasteiger partial charge in [0.2, 0.25) is 0 Å². The minimum Gasteiger partial charge on any atom is -0.508 e. The second-order valence-electron chi connectivity index (χ2n) is 7.04. The Morgan fingerprint density at radius 3 is 2.86 bits per heavy atom. The second kappa shape index (κ2) is 4.09. The lowest BCUT2D eigenvalue weighted by Crippen LogP contribution is -2.33. The van der Waals surface area contributed by atoms with E-state index >= 15 is 0 Å². The number of hydrogen-bond donors (Lipinski definition) is 1. The molecular weight excluding hydrogens is 260 g/mol. The fraction of sp³-hybridized carbons (Fsp3) is 0.421. The van der Waals surface area contributed by atoms with Crippen molar-refractivity contribution in [3.8, 4) is 5.75 Å². The maximum atomic E-state index is 12.4. The molecule has 0 bridgehead atoms. The summed E-state index contributed by atoms with van der Waals surface area (Å²) in [7, 11) is 0. The van der Waals surface area contributed by atoms with Gasteiger partial charge in [-0.05, 0) is 58.7 Å². The Hall–Kier alpha value is -1.83. The predicted octanol–water partition coefficient (Wildman–Crippen LogP) is 4.19. The molecule has 1 saturated carbocycles. The number of carbonyl (C=O) groups is 1. The zero-order chi connectivity index (χ0) is 14.8. The molecule has 4 rings (SSSR count). The highest BCUT2D eigenvalue weighted by molar-refractivity contribution is 5.92. The van der Waals surface area contributed by atoms with Crippen molar-refractivity contribution >= 4 is 16.6 Å². The van der Waals surface area contributed by atoms with Crippen LogP contribution in [0.1, 0.15) is 43.7 Å². The van der Waals surface area contributed by atoms with Gasteiger partial charge in [0.05, 0.1) is 0 Å². The fourth-order valence-electron chi connectivity index (χ4n) is 4.74. The summed E-state index contributed by atoms with van der Waals surface area (Å²) in [4.78, 5) is 12.4. The van der Waals surface area contributed by atoms with Crippen LogP contribution in [-0.2, 0) is 11.2 Å². The Kier molecular flexibility index (Phi) is 2.51. The van der Waals surface area contributed by atoms with Gasteiger partial charge in [-0.25, -0.2) is 0 Å². The van der Waals surface area contributed by atoms with Crippen LogP contribution in [0.25, 0.3) is 10.8 Å². The highest BCUT2D eigenvalue weighted by atomic mass is 16.3. The zero-order valence-electron chi connectivity index (χ0n) is 12.5. The van der Waals surface area contributed by atoms with Crippen LogP contribution in [0.3, 0.4) is 0 Å². The molecule has 2 aromatic rings. The molecule has 1 unspecified atom stereocenters. The SMILES string of the molecule is CC1CC(=O)[C@@]2(C)CCc3c(ccc4cc(O)ccc34)[C@H]12. The molecule has 0 radical (unpaired) electrons. The summed E-state index contributed by atoms with van der Waals surface area (Å²) in [6.07, 6.45) is 2.63. The third-order valence-corrected chi connectivity index (χ3v) is 5.78. The van der Waals surface area contributed by atoms with E-state index < -0.39 is 0 Å². The van der Waals surface area contributed by atoms with E-state index in [2.05, 4.69) is 26.0 Å². The standard InChI is InChI=1S/C19H20O2/c1-11-9-17(21)19(2)8-7-15-14-6-4-13(20)10-12(14)3-5-16(15)18(11)19/h3-6,10-11,18,20H,7-9H2,1-2H3/t11?,18-,19+/m0/s1. The molecule has 2 nitrogen and oxygen atoms in total. The molecule has 0 aromatic heterocycles. The van der Waals surface area contributed by atoms with Gasteiger partial charge in [0.15, 0.2) is 0 Å². The number of benzene rings is 2. The van der Waals surface area contributed by atoms with Crippen LogP contribution in [0.5, 0.6) is 5.75 Å². The average Bonchev–Trinajstić information content (AvgIpc) is 2.68. The highest BCUT2D eigenvalue weighted by Gasteiger charge is 2.52. The number of phenols is 1. The quantitative estimate of drug-likeness (QED) is 0.785. The van der Waals surface area contributed by atoms with Gasteiger partial charge in [-0.15, -0.1) is 0 Å². The number of Topliss-reactive ketones (excluding diaryl/α,β-unsaturated/α-hetero) is 1. The van der Waals surface area contributed by atoms with Crippen molar-refractivity contribution < 1.29 is 9.90 Å². The molecule has 2 aliphatic rings. The number of ketones is 1. The minimum atomic E-state index is -0.170. The minimum absolute atomic E-state index is 0.170.